The molecule has 1 saturated carbocycles. The second-order valence-electron chi connectivity index (χ2n) is 12.1. The largest absolute Gasteiger partial charge is 0.460 e. The fourth-order valence-electron chi connectivity index (χ4n) is 5.07. The lowest BCUT2D eigenvalue weighted by Crippen LogP contribution is -2.66. The quantitative estimate of drug-likeness (QED) is 0.294. The minimum atomic E-state index is -2.45. The maximum Gasteiger partial charge on any atom is 0.309 e. The summed E-state index contributed by atoms with van der Waals surface area (Å²) in [7, 11) is -2.45. The van der Waals surface area contributed by atoms with Gasteiger partial charge in [0.15, 0.2) is 0 Å². The number of benzene rings is 2. The fraction of sp³-hybridized carbons (Fsp3) is 0.567. The summed E-state index contributed by atoms with van der Waals surface area (Å²) in [6, 6.07) is 21.8. The number of hydrogen-bond acceptors (Lipinski definition) is 3. The lowest BCUT2D eigenvalue weighted by molar-refractivity contribution is -0.159. The highest BCUT2D eigenvalue weighted by Gasteiger charge is 2.51. The van der Waals surface area contributed by atoms with E-state index >= 15 is 0 Å². The highest BCUT2D eigenvalue weighted by Crippen LogP contribution is 2.45. The van der Waals surface area contributed by atoms with Crippen LogP contribution in [0.5, 0.6) is 0 Å². The van der Waals surface area contributed by atoms with Crippen LogP contribution < -0.4 is 10.4 Å². The lowest BCUT2D eigenvalue weighted by Gasteiger charge is -2.43. The summed E-state index contributed by atoms with van der Waals surface area (Å²) in [5.74, 6) is 1.22. The monoisotopic (exact) mass is 480 g/mol. The van der Waals surface area contributed by atoms with Crippen molar-refractivity contribution in [2.75, 3.05) is 6.61 Å². The average molecular weight is 481 g/mol. The Morgan fingerprint density at radius 1 is 0.912 bits per heavy atom. The molecular formula is C30H44O3Si. The van der Waals surface area contributed by atoms with Gasteiger partial charge in [0.1, 0.15) is 5.60 Å². The zero-order chi connectivity index (χ0) is 25.0. The Balaban J connectivity index is 1.62. The van der Waals surface area contributed by atoms with Crippen LogP contribution in [0.1, 0.15) is 74.1 Å². The Morgan fingerprint density at radius 3 is 1.91 bits per heavy atom. The van der Waals surface area contributed by atoms with Crippen molar-refractivity contribution >= 4 is 24.7 Å². The molecule has 1 unspecified atom stereocenters. The van der Waals surface area contributed by atoms with E-state index in [1.54, 1.807) is 0 Å². The van der Waals surface area contributed by atoms with Crippen molar-refractivity contribution in [1.82, 2.24) is 0 Å². The molecule has 0 radical (unpaired) electrons. The number of esters is 1. The predicted molar refractivity (Wildman–Crippen MR) is 144 cm³/mol. The Labute approximate surface area is 208 Å². The van der Waals surface area contributed by atoms with Gasteiger partial charge in [-0.25, -0.2) is 0 Å². The molecule has 3 nitrogen and oxygen atoms in total. The summed E-state index contributed by atoms with van der Waals surface area (Å²) in [4.78, 5) is 12.3. The zero-order valence-corrected chi connectivity index (χ0v) is 23.3. The second-order valence-corrected chi connectivity index (χ2v) is 16.4. The fourth-order valence-corrected chi connectivity index (χ4v) is 9.69. The lowest BCUT2D eigenvalue weighted by atomic mass is 10.0. The molecule has 0 amide bonds. The molecule has 1 fully saturated rings. The van der Waals surface area contributed by atoms with Crippen molar-refractivity contribution in [3.05, 3.63) is 60.7 Å². The van der Waals surface area contributed by atoms with Crippen LogP contribution in [0.3, 0.4) is 0 Å². The number of carbonyl (C=O) groups is 1. The minimum Gasteiger partial charge on any atom is -0.460 e. The first-order chi connectivity index (χ1) is 15.9. The van der Waals surface area contributed by atoms with Gasteiger partial charge in [-0.2, -0.15) is 0 Å². The van der Waals surface area contributed by atoms with Crippen LogP contribution in [-0.2, 0) is 14.0 Å². The number of hydrogen-bond donors (Lipinski definition) is 0. The zero-order valence-electron chi connectivity index (χ0n) is 22.3. The maximum atomic E-state index is 12.3. The molecule has 0 aromatic heterocycles. The van der Waals surface area contributed by atoms with Crippen LogP contribution in [0.25, 0.3) is 0 Å². The van der Waals surface area contributed by atoms with Crippen molar-refractivity contribution in [3.8, 4) is 0 Å². The van der Waals surface area contributed by atoms with Gasteiger partial charge in [0, 0.05) is 6.61 Å². The van der Waals surface area contributed by atoms with E-state index in [9.17, 15) is 4.79 Å². The molecule has 0 saturated heterocycles. The molecule has 1 aliphatic carbocycles. The molecule has 0 bridgehead atoms. The smallest absolute Gasteiger partial charge is 0.309 e. The van der Waals surface area contributed by atoms with Gasteiger partial charge in [-0.05, 0) is 60.9 Å². The van der Waals surface area contributed by atoms with Crippen LogP contribution in [0.2, 0.25) is 5.04 Å². The summed E-state index contributed by atoms with van der Waals surface area (Å²) < 4.78 is 12.6. The van der Waals surface area contributed by atoms with Crippen LogP contribution >= 0.6 is 0 Å². The van der Waals surface area contributed by atoms with E-state index in [1.807, 2.05) is 27.7 Å². The Morgan fingerprint density at radius 2 is 1.44 bits per heavy atom. The van der Waals surface area contributed by atoms with E-state index < -0.39 is 13.9 Å². The van der Waals surface area contributed by atoms with E-state index in [2.05, 4.69) is 81.4 Å². The summed E-state index contributed by atoms with van der Waals surface area (Å²) >= 11 is 0. The van der Waals surface area contributed by atoms with Crippen molar-refractivity contribution in [2.45, 2.75) is 84.8 Å². The Kier molecular flexibility index (Phi) is 8.46. The molecule has 0 N–H and O–H groups in total. The molecule has 2 aromatic carbocycles. The highest BCUT2D eigenvalue weighted by molar-refractivity contribution is 6.99. The highest BCUT2D eigenvalue weighted by atomic mass is 28.4. The third-order valence-electron chi connectivity index (χ3n) is 7.02. The van der Waals surface area contributed by atoms with Gasteiger partial charge in [0.2, 0.25) is 0 Å². The average Bonchev–Trinajstić information content (AvgIpc) is 3.51. The van der Waals surface area contributed by atoms with Crippen molar-refractivity contribution < 1.29 is 14.0 Å². The van der Waals surface area contributed by atoms with E-state index in [0.29, 0.717) is 11.8 Å². The standard InChI is InChI=1S/C30H44O3Si/c1-23(28(31)33-29(2,3)4)15-14-16-24-21-25(24)22-32-34(30(5,6)7,26-17-10-8-11-18-26)27-19-12-9-13-20-27/h8-13,17-20,23-25H,14-16,21-22H2,1-7H3/t23?,24-,25+/m1/s1. The Hall–Kier alpha value is -1.91. The van der Waals surface area contributed by atoms with E-state index in [-0.39, 0.29) is 16.9 Å². The van der Waals surface area contributed by atoms with E-state index in [1.165, 1.54) is 23.2 Å². The molecule has 2 aromatic rings. The first-order valence-corrected chi connectivity index (χ1v) is 14.8. The van der Waals surface area contributed by atoms with Crippen molar-refractivity contribution in [2.24, 2.45) is 17.8 Å². The summed E-state index contributed by atoms with van der Waals surface area (Å²) in [5, 5.41) is 2.71. The second kappa shape index (κ2) is 10.8. The van der Waals surface area contributed by atoms with Gasteiger partial charge in [0.25, 0.3) is 8.32 Å². The summed E-state index contributed by atoms with van der Waals surface area (Å²) in [5.41, 5.74) is -0.411. The number of rotatable bonds is 10. The maximum absolute atomic E-state index is 12.3. The van der Waals surface area contributed by atoms with Gasteiger partial charge < -0.3 is 9.16 Å². The molecule has 4 heteroatoms. The van der Waals surface area contributed by atoms with Crippen LogP contribution in [0.15, 0.2) is 60.7 Å². The first kappa shape index (κ1) is 26.7. The normalized spacial score (nSPS) is 19.5. The molecule has 0 spiro atoms. The van der Waals surface area contributed by atoms with Crippen molar-refractivity contribution in [1.29, 1.82) is 0 Å². The topological polar surface area (TPSA) is 35.5 Å². The third kappa shape index (κ3) is 6.60. The van der Waals surface area contributed by atoms with Crippen LogP contribution in [0, 0.1) is 17.8 Å². The van der Waals surface area contributed by atoms with E-state index in [0.717, 1.165) is 19.4 Å². The Bertz CT molecular complexity index is 872. The predicted octanol–water partition coefficient (Wildman–Crippen LogP) is 6.35. The minimum absolute atomic E-state index is 0.0168. The van der Waals surface area contributed by atoms with Crippen LogP contribution in [0.4, 0.5) is 0 Å². The van der Waals surface area contributed by atoms with Gasteiger partial charge >= 0.3 is 5.97 Å². The first-order valence-electron chi connectivity index (χ1n) is 12.9. The molecule has 1 aliphatic rings. The summed E-state index contributed by atoms with van der Waals surface area (Å²) in [6.45, 7) is 15.6. The number of ether oxygens (including phenoxy) is 1. The molecule has 3 atom stereocenters. The van der Waals surface area contributed by atoms with Crippen LogP contribution in [-0.4, -0.2) is 26.5 Å². The number of carbonyl (C=O) groups excluding carboxylic acids is 1. The van der Waals surface area contributed by atoms with Gasteiger partial charge in [0.05, 0.1) is 5.92 Å². The van der Waals surface area contributed by atoms with Gasteiger partial charge in [-0.1, -0.05) is 101 Å². The van der Waals surface area contributed by atoms with E-state index in [4.69, 9.17) is 9.16 Å². The summed E-state index contributed by atoms with van der Waals surface area (Å²) in [6.07, 6.45) is 4.37. The molecule has 34 heavy (non-hydrogen) atoms. The third-order valence-corrected chi connectivity index (χ3v) is 12.0. The molecule has 0 aliphatic heterocycles. The van der Waals surface area contributed by atoms with Crippen molar-refractivity contribution in [3.63, 3.8) is 0 Å². The SMILES string of the molecule is CC(CCC[C@@H]1C[C@H]1CO[Si](c1ccccc1)(c1ccccc1)C(C)(C)C)C(=O)OC(C)(C)C. The van der Waals surface area contributed by atoms with Gasteiger partial charge in [-0.3, -0.25) is 4.79 Å². The molecule has 0 heterocycles. The molecule has 186 valence electrons. The molecule has 3 rings (SSSR count). The van der Waals surface area contributed by atoms with Gasteiger partial charge in [-0.15, -0.1) is 0 Å². The molecular weight excluding hydrogens is 436 g/mol.